The molecule has 0 aliphatic rings. The third-order valence-corrected chi connectivity index (χ3v) is 3.62. The van der Waals surface area contributed by atoms with E-state index >= 15 is 0 Å². The van der Waals surface area contributed by atoms with Crippen molar-refractivity contribution in [3.8, 4) is 0 Å². The van der Waals surface area contributed by atoms with Gasteiger partial charge in [-0.25, -0.2) is 4.79 Å². The van der Waals surface area contributed by atoms with Crippen LogP contribution < -0.4 is 10.6 Å². The predicted molar refractivity (Wildman–Crippen MR) is 76.7 cm³/mol. The molecule has 8 heteroatoms. The zero-order valence-electron chi connectivity index (χ0n) is 12.0. The van der Waals surface area contributed by atoms with Crippen molar-refractivity contribution in [2.75, 3.05) is 26.0 Å². The van der Waals surface area contributed by atoms with Crippen LogP contribution in [0.4, 0.5) is 0 Å². The molecule has 0 aliphatic carbocycles. The van der Waals surface area contributed by atoms with E-state index in [2.05, 4.69) is 10.6 Å². The number of carboxylic acids is 1. The number of thioether (sulfide) groups is 1. The van der Waals surface area contributed by atoms with Gasteiger partial charge < -0.3 is 20.5 Å². The molecule has 7 nitrogen and oxygen atoms in total. The second-order valence-corrected chi connectivity index (χ2v) is 5.58. The number of nitrogens with one attached hydrogen (secondary N) is 2. The number of amides is 2. The lowest BCUT2D eigenvalue weighted by atomic mass is 10.3. The molecule has 0 radical (unpaired) electrons. The lowest BCUT2D eigenvalue weighted by molar-refractivity contribution is -0.140. The highest BCUT2D eigenvalue weighted by molar-refractivity contribution is 8.00. The maximum atomic E-state index is 11.7. The van der Waals surface area contributed by atoms with E-state index in [1.54, 1.807) is 14.0 Å². The van der Waals surface area contributed by atoms with Crippen LogP contribution in [-0.4, -0.2) is 60.2 Å². The number of hydrogen-bond acceptors (Lipinski definition) is 5. The highest BCUT2D eigenvalue weighted by atomic mass is 32.2. The van der Waals surface area contributed by atoms with E-state index in [1.807, 2.05) is 0 Å². The number of carbonyl (C=O) groups is 3. The van der Waals surface area contributed by atoms with Gasteiger partial charge in [-0.1, -0.05) is 0 Å². The fourth-order valence-electron chi connectivity index (χ4n) is 1.31. The van der Waals surface area contributed by atoms with Gasteiger partial charge in [0.1, 0.15) is 6.04 Å². The summed E-state index contributed by atoms with van der Waals surface area (Å²) in [7, 11) is 1.59. The Balaban J connectivity index is 4.04. The first-order chi connectivity index (χ1) is 9.38. The molecule has 0 saturated heterocycles. The highest BCUT2D eigenvalue weighted by Crippen LogP contribution is 2.12. The largest absolute Gasteiger partial charge is 0.480 e. The second kappa shape index (κ2) is 10.5. The smallest absolute Gasteiger partial charge is 0.327 e. The molecule has 0 aromatic rings. The van der Waals surface area contributed by atoms with Gasteiger partial charge in [-0.05, 0) is 13.3 Å². The standard InChI is InChI=1S/C12H22N2O5S/c1-8(11(16)13-5-4-6-19-3)20-7-10(12(17)18)14-9(2)15/h8,10H,4-7H2,1-3H3,(H,13,16)(H,14,15)(H,17,18). The van der Waals surface area contributed by atoms with Crippen molar-refractivity contribution in [3.05, 3.63) is 0 Å². The molecule has 0 saturated carbocycles. The summed E-state index contributed by atoms with van der Waals surface area (Å²) in [5.74, 6) is -1.53. The fourth-order valence-corrected chi connectivity index (χ4v) is 2.25. The minimum absolute atomic E-state index is 0.140. The number of methoxy groups -OCH3 is 1. The molecule has 3 N–H and O–H groups in total. The van der Waals surface area contributed by atoms with Crippen molar-refractivity contribution in [3.63, 3.8) is 0 Å². The molecule has 0 aliphatic heterocycles. The molecule has 0 aromatic carbocycles. The van der Waals surface area contributed by atoms with Crippen LogP contribution in [0, 0.1) is 0 Å². The molecule has 0 bridgehead atoms. The number of ether oxygens (including phenoxy) is 1. The Morgan fingerprint density at radius 1 is 1.35 bits per heavy atom. The van der Waals surface area contributed by atoms with Crippen molar-refractivity contribution < 1.29 is 24.2 Å². The summed E-state index contributed by atoms with van der Waals surface area (Å²) in [6.07, 6.45) is 0.725. The van der Waals surface area contributed by atoms with Gasteiger partial charge in [0.05, 0.1) is 5.25 Å². The third kappa shape index (κ3) is 8.76. The average molecular weight is 306 g/mol. The molecular formula is C12H22N2O5S. The van der Waals surface area contributed by atoms with Crippen molar-refractivity contribution in [2.24, 2.45) is 0 Å². The van der Waals surface area contributed by atoms with Crippen LogP contribution in [0.25, 0.3) is 0 Å². The zero-order valence-corrected chi connectivity index (χ0v) is 12.8. The van der Waals surface area contributed by atoms with Gasteiger partial charge in [-0.3, -0.25) is 9.59 Å². The molecule has 0 aromatic heterocycles. The maximum absolute atomic E-state index is 11.7. The molecule has 0 fully saturated rings. The van der Waals surface area contributed by atoms with E-state index in [-0.39, 0.29) is 16.9 Å². The monoisotopic (exact) mass is 306 g/mol. The van der Waals surface area contributed by atoms with Crippen molar-refractivity contribution >= 4 is 29.5 Å². The number of carboxylic acid groups (broad SMARTS) is 1. The summed E-state index contributed by atoms with van der Waals surface area (Å²) in [6, 6.07) is -0.985. The number of carbonyl (C=O) groups excluding carboxylic acids is 2. The minimum Gasteiger partial charge on any atom is -0.480 e. The van der Waals surface area contributed by atoms with Gasteiger partial charge in [0.15, 0.2) is 0 Å². The summed E-state index contributed by atoms with van der Waals surface area (Å²) in [5.41, 5.74) is 0. The highest BCUT2D eigenvalue weighted by Gasteiger charge is 2.21. The lowest BCUT2D eigenvalue weighted by Gasteiger charge is -2.16. The normalized spacial score (nSPS) is 13.3. The van der Waals surface area contributed by atoms with Crippen molar-refractivity contribution in [1.29, 1.82) is 0 Å². The van der Waals surface area contributed by atoms with Crippen LogP contribution in [0.2, 0.25) is 0 Å². The quantitative estimate of drug-likeness (QED) is 0.485. The van der Waals surface area contributed by atoms with Gasteiger partial charge in [-0.15, -0.1) is 11.8 Å². The summed E-state index contributed by atoms with van der Waals surface area (Å²) in [6.45, 7) is 4.05. The molecule has 116 valence electrons. The Morgan fingerprint density at radius 3 is 2.50 bits per heavy atom. The van der Waals surface area contributed by atoms with Crippen LogP contribution >= 0.6 is 11.8 Å². The Labute approximate surface area is 122 Å². The van der Waals surface area contributed by atoms with E-state index in [4.69, 9.17) is 9.84 Å². The van der Waals surface area contributed by atoms with Gasteiger partial charge in [0.25, 0.3) is 0 Å². The van der Waals surface area contributed by atoms with E-state index in [9.17, 15) is 14.4 Å². The van der Waals surface area contributed by atoms with Gasteiger partial charge in [-0.2, -0.15) is 0 Å². The average Bonchev–Trinajstić information content (AvgIpc) is 2.38. The Hall–Kier alpha value is -1.28. The van der Waals surface area contributed by atoms with E-state index in [0.29, 0.717) is 13.2 Å². The van der Waals surface area contributed by atoms with Gasteiger partial charge >= 0.3 is 5.97 Å². The van der Waals surface area contributed by atoms with Gasteiger partial charge in [0, 0.05) is 32.9 Å². The molecule has 2 unspecified atom stereocenters. The van der Waals surface area contributed by atoms with Crippen LogP contribution in [-0.2, 0) is 19.1 Å². The summed E-state index contributed by atoms with van der Waals surface area (Å²) in [5, 5.41) is 13.6. The summed E-state index contributed by atoms with van der Waals surface area (Å²) < 4.78 is 4.86. The van der Waals surface area contributed by atoms with E-state index in [0.717, 1.165) is 6.42 Å². The fraction of sp³-hybridized carbons (Fsp3) is 0.750. The minimum atomic E-state index is -1.11. The Morgan fingerprint density at radius 2 is 2.00 bits per heavy atom. The molecule has 0 spiro atoms. The van der Waals surface area contributed by atoms with Crippen molar-refractivity contribution in [2.45, 2.75) is 31.6 Å². The SMILES string of the molecule is COCCCNC(=O)C(C)SCC(NC(C)=O)C(=O)O. The van der Waals surface area contributed by atoms with Crippen LogP contribution in [0.15, 0.2) is 0 Å². The Bertz CT molecular complexity index is 338. The Kier molecular flexibility index (Phi) is 9.83. The van der Waals surface area contributed by atoms with Crippen molar-refractivity contribution in [1.82, 2.24) is 10.6 Å². The topological polar surface area (TPSA) is 105 Å². The third-order valence-electron chi connectivity index (χ3n) is 2.38. The lowest BCUT2D eigenvalue weighted by Crippen LogP contribution is -2.42. The summed E-state index contributed by atoms with van der Waals surface area (Å²) in [4.78, 5) is 33.5. The molecular weight excluding hydrogens is 284 g/mol. The molecule has 0 rings (SSSR count). The van der Waals surface area contributed by atoms with E-state index in [1.165, 1.54) is 18.7 Å². The van der Waals surface area contributed by atoms with Crippen LogP contribution in [0.3, 0.4) is 0 Å². The maximum Gasteiger partial charge on any atom is 0.327 e. The summed E-state index contributed by atoms with van der Waals surface area (Å²) >= 11 is 1.19. The number of hydrogen-bond donors (Lipinski definition) is 3. The van der Waals surface area contributed by atoms with Gasteiger partial charge in [0.2, 0.25) is 11.8 Å². The predicted octanol–water partition coefficient (Wildman–Crippen LogP) is -0.150. The molecule has 2 amide bonds. The second-order valence-electron chi connectivity index (χ2n) is 4.20. The molecule has 20 heavy (non-hydrogen) atoms. The van der Waals surface area contributed by atoms with Crippen LogP contribution in [0.1, 0.15) is 20.3 Å². The zero-order chi connectivity index (χ0) is 15.5. The van der Waals surface area contributed by atoms with Crippen LogP contribution in [0.5, 0.6) is 0 Å². The molecule has 0 heterocycles. The first-order valence-corrected chi connectivity index (χ1v) is 7.31. The number of aliphatic carboxylic acids is 1. The first-order valence-electron chi connectivity index (χ1n) is 6.26. The number of rotatable bonds is 10. The first kappa shape index (κ1) is 18.7. The van der Waals surface area contributed by atoms with E-state index < -0.39 is 17.9 Å². The molecule has 2 atom stereocenters.